The molecular weight excluding hydrogens is 590 g/mol. The lowest BCUT2D eigenvalue weighted by Crippen LogP contribution is -2.28. The summed E-state index contributed by atoms with van der Waals surface area (Å²) < 4.78 is 18.6. The average molecular weight is 674 g/mol. The highest BCUT2D eigenvalue weighted by Gasteiger charge is 2.11. The molecular formula is C44H83NO3. The zero-order valence-electron chi connectivity index (χ0n) is 32.4. The predicted molar refractivity (Wildman–Crippen MR) is 210 cm³/mol. The van der Waals surface area contributed by atoms with Gasteiger partial charge < -0.3 is 19.9 Å². The molecule has 4 heteroatoms. The highest BCUT2D eigenvalue weighted by atomic mass is 16.6. The molecule has 1 unspecified atom stereocenters. The van der Waals surface area contributed by atoms with Crippen molar-refractivity contribution in [1.29, 1.82) is 0 Å². The Hall–Kier alpha value is -1.10. The maximum absolute atomic E-state index is 6.31. The molecule has 0 aromatic heterocycles. The van der Waals surface area contributed by atoms with Gasteiger partial charge in [-0.2, -0.15) is 0 Å². The number of nitrogens with two attached hydrogens (primary N) is 1. The van der Waals surface area contributed by atoms with Gasteiger partial charge in [0.1, 0.15) is 18.5 Å². The lowest BCUT2D eigenvalue weighted by Gasteiger charge is -2.19. The summed E-state index contributed by atoms with van der Waals surface area (Å²) in [4.78, 5) is 0. The minimum atomic E-state index is -0.0180. The molecule has 1 rings (SSSR count). The van der Waals surface area contributed by atoms with Gasteiger partial charge in [0.05, 0.1) is 6.61 Å². The van der Waals surface area contributed by atoms with Crippen LogP contribution in [-0.2, 0) is 15.9 Å². The minimum Gasteiger partial charge on any atom is -0.491 e. The molecule has 1 atom stereocenters. The third kappa shape index (κ3) is 30.9. The van der Waals surface area contributed by atoms with Gasteiger partial charge in [-0.15, -0.1) is 0 Å². The summed E-state index contributed by atoms with van der Waals surface area (Å²) >= 11 is 0. The maximum Gasteiger partial charge on any atom is 0.119 e. The van der Waals surface area contributed by atoms with Crippen LogP contribution >= 0.6 is 0 Å². The fourth-order valence-corrected chi connectivity index (χ4v) is 6.55. The molecule has 0 saturated carbocycles. The van der Waals surface area contributed by atoms with Crippen LogP contribution in [-0.4, -0.2) is 39.1 Å². The van der Waals surface area contributed by atoms with E-state index in [-0.39, 0.29) is 6.10 Å². The first kappa shape index (κ1) is 44.9. The number of unbranched alkanes of at least 4 members (excludes halogenated alkanes) is 26. The Morgan fingerprint density at radius 1 is 0.458 bits per heavy atom. The summed E-state index contributed by atoms with van der Waals surface area (Å²) in [7, 11) is 0. The predicted octanol–water partition coefficient (Wildman–Crippen LogP) is 13.3. The SMILES string of the molecule is CCCCCCCCCCCCCCCCOCC(COc1ccc(CCCN)cc1)OCCCCCCCCCCCCCCCC. The summed E-state index contributed by atoms with van der Waals surface area (Å²) in [5.74, 6) is 0.906. The minimum absolute atomic E-state index is 0.0180. The molecule has 48 heavy (non-hydrogen) atoms. The molecule has 2 N–H and O–H groups in total. The summed E-state index contributed by atoms with van der Waals surface area (Å²) in [6, 6.07) is 8.46. The van der Waals surface area contributed by atoms with E-state index < -0.39 is 0 Å². The normalized spacial score (nSPS) is 12.1. The van der Waals surface area contributed by atoms with Gasteiger partial charge in [0, 0.05) is 13.2 Å². The Morgan fingerprint density at radius 3 is 1.27 bits per heavy atom. The van der Waals surface area contributed by atoms with Crippen molar-refractivity contribution in [2.75, 3.05) is 33.0 Å². The van der Waals surface area contributed by atoms with Crippen LogP contribution in [0.5, 0.6) is 5.75 Å². The van der Waals surface area contributed by atoms with Crippen LogP contribution in [0.1, 0.15) is 206 Å². The quantitative estimate of drug-likeness (QED) is 0.0707. The molecule has 0 amide bonds. The van der Waals surface area contributed by atoms with Crippen molar-refractivity contribution in [1.82, 2.24) is 0 Å². The van der Waals surface area contributed by atoms with Crippen LogP contribution in [0.25, 0.3) is 0 Å². The summed E-state index contributed by atoms with van der Waals surface area (Å²) in [6.07, 6.45) is 40.6. The standard InChI is InChI=1S/C44H83NO3/c1-3-5-7-9-11-13-15-17-19-21-23-25-27-29-38-46-40-44(41-48-43-35-33-42(34-36-43)32-31-37-45)47-39-30-28-26-24-22-20-18-16-14-12-10-8-6-4-2/h33-36,44H,3-32,37-41,45H2,1-2H3. The van der Waals surface area contributed by atoms with E-state index >= 15 is 0 Å². The van der Waals surface area contributed by atoms with Gasteiger partial charge >= 0.3 is 0 Å². The molecule has 0 aliphatic heterocycles. The second kappa shape index (κ2) is 37.2. The van der Waals surface area contributed by atoms with Gasteiger partial charge in [0.2, 0.25) is 0 Å². The van der Waals surface area contributed by atoms with Gasteiger partial charge in [-0.1, -0.05) is 193 Å². The molecule has 0 heterocycles. The molecule has 0 spiro atoms. The molecule has 0 bridgehead atoms. The molecule has 0 aliphatic carbocycles. The molecule has 1 aromatic carbocycles. The van der Waals surface area contributed by atoms with Crippen molar-refractivity contribution in [2.24, 2.45) is 5.73 Å². The zero-order valence-corrected chi connectivity index (χ0v) is 32.4. The van der Waals surface area contributed by atoms with Gasteiger partial charge in [0.15, 0.2) is 0 Å². The van der Waals surface area contributed by atoms with Crippen LogP contribution in [0.15, 0.2) is 24.3 Å². The number of aryl methyl sites for hydroxylation is 1. The molecule has 0 radical (unpaired) electrons. The number of hydrogen-bond donors (Lipinski definition) is 1. The van der Waals surface area contributed by atoms with Gasteiger partial charge in [-0.3, -0.25) is 0 Å². The maximum atomic E-state index is 6.31. The first-order valence-electron chi connectivity index (χ1n) is 21.4. The smallest absolute Gasteiger partial charge is 0.119 e. The third-order valence-corrected chi connectivity index (χ3v) is 9.83. The highest BCUT2D eigenvalue weighted by Crippen LogP contribution is 2.16. The summed E-state index contributed by atoms with van der Waals surface area (Å²) in [5, 5.41) is 0. The largest absolute Gasteiger partial charge is 0.491 e. The Kier molecular flexibility index (Phi) is 34.8. The van der Waals surface area contributed by atoms with E-state index in [9.17, 15) is 0 Å². The van der Waals surface area contributed by atoms with Crippen LogP contribution in [0.4, 0.5) is 0 Å². The van der Waals surface area contributed by atoms with Crippen LogP contribution < -0.4 is 10.5 Å². The van der Waals surface area contributed by atoms with E-state index in [1.807, 2.05) is 0 Å². The van der Waals surface area contributed by atoms with E-state index in [0.717, 1.165) is 51.2 Å². The van der Waals surface area contributed by atoms with Gasteiger partial charge in [0.25, 0.3) is 0 Å². The van der Waals surface area contributed by atoms with Crippen molar-refractivity contribution in [3.05, 3.63) is 29.8 Å². The fourth-order valence-electron chi connectivity index (χ4n) is 6.55. The van der Waals surface area contributed by atoms with Crippen molar-refractivity contribution in [2.45, 2.75) is 213 Å². The Labute approximate surface area is 300 Å². The number of hydrogen-bond acceptors (Lipinski definition) is 4. The molecule has 4 nitrogen and oxygen atoms in total. The van der Waals surface area contributed by atoms with Crippen molar-refractivity contribution in [3.63, 3.8) is 0 Å². The van der Waals surface area contributed by atoms with Crippen LogP contribution in [0.3, 0.4) is 0 Å². The number of rotatable bonds is 39. The zero-order chi connectivity index (χ0) is 34.4. The average Bonchev–Trinajstić information content (AvgIpc) is 3.11. The molecule has 0 aliphatic rings. The van der Waals surface area contributed by atoms with Crippen LogP contribution in [0, 0.1) is 0 Å². The van der Waals surface area contributed by atoms with Crippen molar-refractivity contribution < 1.29 is 14.2 Å². The second-order valence-corrected chi connectivity index (χ2v) is 14.6. The van der Waals surface area contributed by atoms with Crippen molar-refractivity contribution >= 4 is 0 Å². The van der Waals surface area contributed by atoms with E-state index in [1.54, 1.807) is 0 Å². The summed E-state index contributed by atoms with van der Waals surface area (Å²) in [5.41, 5.74) is 6.98. The topological polar surface area (TPSA) is 53.7 Å². The molecule has 0 saturated heterocycles. The Bertz CT molecular complexity index is 739. The van der Waals surface area contributed by atoms with Gasteiger partial charge in [-0.05, 0) is 49.9 Å². The fraction of sp³-hybridized carbons (Fsp3) is 0.864. The van der Waals surface area contributed by atoms with E-state index in [1.165, 1.54) is 173 Å². The monoisotopic (exact) mass is 674 g/mol. The van der Waals surface area contributed by atoms with Crippen LogP contribution in [0.2, 0.25) is 0 Å². The molecule has 1 aromatic rings. The molecule has 282 valence electrons. The second-order valence-electron chi connectivity index (χ2n) is 14.6. The Morgan fingerprint density at radius 2 is 0.854 bits per heavy atom. The first-order valence-corrected chi connectivity index (χ1v) is 21.4. The van der Waals surface area contributed by atoms with Crippen molar-refractivity contribution in [3.8, 4) is 5.75 Å². The Balaban J connectivity index is 2.15. The summed E-state index contributed by atoms with van der Waals surface area (Å²) in [6.45, 7) is 8.11. The lowest BCUT2D eigenvalue weighted by molar-refractivity contribution is -0.0389. The third-order valence-electron chi connectivity index (χ3n) is 9.83. The number of benzene rings is 1. The van der Waals surface area contributed by atoms with E-state index in [2.05, 4.69) is 38.1 Å². The lowest BCUT2D eigenvalue weighted by atomic mass is 10.0. The van der Waals surface area contributed by atoms with E-state index in [0.29, 0.717) is 13.2 Å². The molecule has 0 fully saturated rings. The van der Waals surface area contributed by atoms with Gasteiger partial charge in [-0.25, -0.2) is 0 Å². The number of ether oxygens (including phenoxy) is 3. The van der Waals surface area contributed by atoms with E-state index in [4.69, 9.17) is 19.9 Å². The first-order chi connectivity index (χ1) is 23.8. The highest BCUT2D eigenvalue weighted by molar-refractivity contribution is 5.27.